The molecule has 4 aromatic rings. The largest absolute Gasteiger partial charge is 0.503 e. The number of pyridine rings is 1. The molecular formula is C25H22N10O9S3. The van der Waals surface area contributed by atoms with Crippen LogP contribution >= 0.6 is 34.9 Å². The number of hydrogen-bond acceptors (Lipinski definition) is 17. The van der Waals surface area contributed by atoms with Crippen molar-refractivity contribution < 1.29 is 39.1 Å². The number of carbonyl (C=O) groups excluding carboxylic acids is 2. The molecule has 2 aliphatic heterocycles. The number of carbonyl (C=O) groups is 3. The van der Waals surface area contributed by atoms with E-state index in [4.69, 9.17) is 15.0 Å². The molecule has 2 amide bonds. The Labute approximate surface area is 274 Å². The van der Waals surface area contributed by atoms with Gasteiger partial charge in [-0.3, -0.25) is 19.3 Å². The van der Waals surface area contributed by atoms with E-state index in [1.807, 2.05) is 0 Å². The van der Waals surface area contributed by atoms with Gasteiger partial charge in [0, 0.05) is 36.1 Å². The summed E-state index contributed by atoms with van der Waals surface area (Å²) >= 11 is 3.62. The monoisotopic (exact) mass is 702 g/mol. The summed E-state index contributed by atoms with van der Waals surface area (Å²) in [5, 5.41) is 48.6. The van der Waals surface area contributed by atoms with Gasteiger partial charge >= 0.3 is 5.97 Å². The van der Waals surface area contributed by atoms with Crippen LogP contribution in [-0.4, -0.2) is 96.1 Å². The standard InChI is InChI=1S/C25H22N10O9S3/c1-33-25(29-31-32-33)47-8-10-7-45-22-18(21(39)35(22)19(10)23(40)41)28-20(38)12(14-9-46-24(26)27-14)6-43-5-11-2-13(30-44-11)15-3-16(36)17(37)4-34(15)42/h2-4,6,9,18,22,37,42H,5,7-8H2,1H3,(H2,26,27)(H,28,38)(H,40,41)/b12-6-/t18-,22-/m1/s1. The number of rotatable bonds is 11. The summed E-state index contributed by atoms with van der Waals surface area (Å²) in [7, 11) is 1.65. The van der Waals surface area contributed by atoms with Crippen LogP contribution in [0.2, 0.25) is 0 Å². The number of anilines is 1. The molecule has 6 rings (SSSR count). The Balaban J connectivity index is 1.15. The Hall–Kier alpha value is -5.35. The first-order valence-corrected chi connectivity index (χ1v) is 16.1. The number of nitrogen functional groups attached to an aromatic ring is 1. The summed E-state index contributed by atoms with van der Waals surface area (Å²) in [5.74, 6) is -2.56. The van der Waals surface area contributed by atoms with Crippen molar-refractivity contribution in [3.8, 4) is 17.1 Å². The molecule has 22 heteroatoms. The molecule has 2 aliphatic rings. The van der Waals surface area contributed by atoms with Gasteiger partial charge in [0.25, 0.3) is 11.8 Å². The van der Waals surface area contributed by atoms with Crippen molar-refractivity contribution in [3.05, 3.63) is 62.9 Å². The fraction of sp³-hybridized carbons (Fsp3) is 0.240. The lowest BCUT2D eigenvalue weighted by atomic mass is 10.0. The highest BCUT2D eigenvalue weighted by Gasteiger charge is 2.54. The highest BCUT2D eigenvalue weighted by Crippen LogP contribution is 2.41. The first-order chi connectivity index (χ1) is 22.5. The molecule has 2 atom stereocenters. The van der Waals surface area contributed by atoms with Gasteiger partial charge in [0.1, 0.15) is 40.7 Å². The predicted molar refractivity (Wildman–Crippen MR) is 164 cm³/mol. The summed E-state index contributed by atoms with van der Waals surface area (Å²) in [5.41, 5.74) is 5.52. The normalized spacial score (nSPS) is 17.8. The van der Waals surface area contributed by atoms with E-state index in [2.05, 4.69) is 31.0 Å². The topological polar surface area (TPSA) is 267 Å². The number of tetrazole rings is 1. The van der Waals surface area contributed by atoms with Crippen molar-refractivity contribution in [2.45, 2.75) is 23.2 Å². The average Bonchev–Trinajstić information content (AvgIpc) is 3.79. The lowest BCUT2D eigenvalue weighted by Gasteiger charge is -2.49. The first kappa shape index (κ1) is 31.6. The average molecular weight is 703 g/mol. The summed E-state index contributed by atoms with van der Waals surface area (Å²) in [6, 6.07) is 1.31. The Morgan fingerprint density at radius 1 is 1.32 bits per heavy atom. The van der Waals surface area contributed by atoms with Crippen molar-refractivity contribution in [3.63, 3.8) is 0 Å². The number of carboxylic acids is 1. The third-order valence-corrected chi connectivity index (χ3v) is 9.91. The molecule has 6 N–H and O–H groups in total. The molecule has 0 aliphatic carbocycles. The van der Waals surface area contributed by atoms with Crippen LogP contribution < -0.4 is 16.5 Å². The number of aromatic nitrogens is 7. The van der Waals surface area contributed by atoms with Crippen LogP contribution in [0.3, 0.4) is 0 Å². The number of amides is 2. The zero-order chi connectivity index (χ0) is 33.4. The van der Waals surface area contributed by atoms with Crippen LogP contribution in [-0.2, 0) is 32.8 Å². The van der Waals surface area contributed by atoms with E-state index in [1.165, 1.54) is 39.7 Å². The number of nitrogens with zero attached hydrogens (tertiary/aromatic N) is 8. The minimum atomic E-state index is -1.27. The molecule has 4 aromatic heterocycles. The number of nitrogens with one attached hydrogen (secondary N) is 1. The van der Waals surface area contributed by atoms with Gasteiger partial charge in [0.2, 0.25) is 10.6 Å². The molecule has 19 nitrogen and oxygen atoms in total. The van der Waals surface area contributed by atoms with Gasteiger partial charge in [-0.15, -0.1) is 28.2 Å². The first-order valence-electron chi connectivity index (χ1n) is 13.2. The highest BCUT2D eigenvalue weighted by molar-refractivity contribution is 8.01. The Morgan fingerprint density at radius 3 is 2.83 bits per heavy atom. The molecule has 0 spiro atoms. The van der Waals surface area contributed by atoms with Crippen molar-refractivity contribution in [2.75, 3.05) is 17.2 Å². The molecule has 1 saturated heterocycles. The maximum Gasteiger partial charge on any atom is 0.352 e. The molecule has 244 valence electrons. The number of carboxylic acid groups (broad SMARTS) is 1. The zero-order valence-electron chi connectivity index (χ0n) is 23.8. The molecule has 0 aromatic carbocycles. The molecule has 47 heavy (non-hydrogen) atoms. The smallest absolute Gasteiger partial charge is 0.352 e. The number of ether oxygens (including phenoxy) is 1. The number of aromatic hydroxyl groups is 1. The molecule has 0 radical (unpaired) electrons. The van der Waals surface area contributed by atoms with E-state index < -0.39 is 40.4 Å². The Bertz CT molecular complexity index is 2020. The minimum absolute atomic E-state index is 0.0503. The van der Waals surface area contributed by atoms with Crippen molar-refractivity contribution >= 4 is 63.3 Å². The Kier molecular flexibility index (Phi) is 8.62. The van der Waals surface area contributed by atoms with Crippen LogP contribution in [0.1, 0.15) is 11.5 Å². The second kappa shape index (κ2) is 12.8. The molecule has 0 saturated carbocycles. The number of aryl methyl sites for hydroxylation is 1. The molecular weight excluding hydrogens is 681 g/mol. The number of hydrogen-bond donors (Lipinski definition) is 5. The fourth-order valence-electron chi connectivity index (χ4n) is 4.56. The summed E-state index contributed by atoms with van der Waals surface area (Å²) in [6.07, 6.45) is 1.91. The van der Waals surface area contributed by atoms with E-state index in [9.17, 15) is 34.6 Å². The summed E-state index contributed by atoms with van der Waals surface area (Å²) < 4.78 is 12.7. The second-order valence-corrected chi connectivity index (χ2v) is 12.8. The number of nitrogens with two attached hydrogens (primary N) is 1. The third-order valence-electron chi connectivity index (χ3n) is 6.80. The number of thioether (sulfide) groups is 2. The fourth-order valence-corrected chi connectivity index (χ4v) is 7.46. The number of aliphatic carboxylic acids is 1. The minimum Gasteiger partial charge on any atom is -0.503 e. The summed E-state index contributed by atoms with van der Waals surface area (Å²) in [6.45, 7) is -0.246. The van der Waals surface area contributed by atoms with Gasteiger partial charge in [-0.2, -0.15) is 4.73 Å². The highest BCUT2D eigenvalue weighted by atomic mass is 32.2. The molecule has 0 bridgehead atoms. The van der Waals surface area contributed by atoms with Crippen LogP contribution in [0.25, 0.3) is 17.0 Å². The van der Waals surface area contributed by atoms with Crippen molar-refractivity contribution in [1.82, 2.24) is 45.3 Å². The summed E-state index contributed by atoms with van der Waals surface area (Å²) in [4.78, 5) is 56.0. The molecule has 1 fully saturated rings. The van der Waals surface area contributed by atoms with Crippen LogP contribution in [0.15, 0.2) is 55.7 Å². The van der Waals surface area contributed by atoms with E-state index in [1.54, 1.807) is 7.05 Å². The van der Waals surface area contributed by atoms with Crippen LogP contribution in [0.5, 0.6) is 5.75 Å². The maximum atomic E-state index is 13.5. The quantitative estimate of drug-likeness (QED) is 0.0456. The number of β-lactam (4-membered cyclic amide) rings is 1. The predicted octanol–water partition coefficient (Wildman–Crippen LogP) is 0.0970. The van der Waals surface area contributed by atoms with Crippen molar-refractivity contribution in [1.29, 1.82) is 0 Å². The van der Waals surface area contributed by atoms with E-state index in [0.717, 1.165) is 34.8 Å². The zero-order valence-corrected chi connectivity index (χ0v) is 26.3. The van der Waals surface area contributed by atoms with Crippen LogP contribution in [0.4, 0.5) is 5.13 Å². The van der Waals surface area contributed by atoms with E-state index in [0.29, 0.717) is 21.2 Å². The van der Waals surface area contributed by atoms with Gasteiger partial charge < -0.3 is 35.7 Å². The second-order valence-electron chi connectivity index (χ2n) is 9.84. The van der Waals surface area contributed by atoms with Gasteiger partial charge in [0.05, 0.1) is 18.2 Å². The van der Waals surface area contributed by atoms with Gasteiger partial charge in [0.15, 0.2) is 16.6 Å². The molecule has 6 heterocycles. The lowest BCUT2D eigenvalue weighted by Crippen LogP contribution is -2.70. The van der Waals surface area contributed by atoms with Crippen molar-refractivity contribution in [2.24, 2.45) is 7.05 Å². The van der Waals surface area contributed by atoms with Gasteiger partial charge in [-0.1, -0.05) is 16.9 Å². The van der Waals surface area contributed by atoms with Gasteiger partial charge in [-0.25, -0.2) is 14.5 Å². The number of thiazole rings is 1. The molecule has 0 unspecified atom stereocenters. The third kappa shape index (κ3) is 6.24. The SMILES string of the molecule is Cn1nnnc1SCC1=C(C(=O)O)N2C(=O)[C@@H](NC(=O)/C(=C\OCc3cc(-c4cc(=O)c(O)cn4O)no3)c3csc(N)n3)[C@H]2SC1. The van der Waals surface area contributed by atoms with Crippen LogP contribution in [0, 0.1) is 0 Å². The number of fused-ring (bicyclic) bond motifs is 1. The van der Waals surface area contributed by atoms with E-state index >= 15 is 0 Å². The van der Waals surface area contributed by atoms with Gasteiger partial charge in [-0.05, 0) is 16.0 Å². The Morgan fingerprint density at radius 2 is 2.13 bits per heavy atom. The maximum absolute atomic E-state index is 13.5. The van der Waals surface area contributed by atoms with E-state index in [-0.39, 0.29) is 51.6 Å². The lowest BCUT2D eigenvalue weighted by molar-refractivity contribution is -0.150.